The molecule has 0 aromatic heterocycles. The molecule has 2 atom stereocenters. The van der Waals surface area contributed by atoms with E-state index in [1.165, 1.54) is 0 Å². The van der Waals surface area contributed by atoms with Gasteiger partial charge in [0.05, 0.1) is 0 Å². The van der Waals surface area contributed by atoms with Crippen molar-refractivity contribution in [2.45, 2.75) is 59.0 Å². The van der Waals surface area contributed by atoms with Gasteiger partial charge < -0.3 is 16.4 Å². The summed E-state index contributed by atoms with van der Waals surface area (Å²) >= 11 is 0. The zero-order valence-electron chi connectivity index (χ0n) is 13.1. The van der Waals surface area contributed by atoms with Crippen molar-refractivity contribution in [2.24, 2.45) is 23.5 Å². The Balaban J connectivity index is 2.42. The predicted octanol–water partition coefficient (Wildman–Crippen LogP) is 1.03. The molecule has 0 saturated heterocycles. The van der Waals surface area contributed by atoms with Crippen LogP contribution in [0.5, 0.6) is 0 Å². The second-order valence-corrected chi connectivity index (χ2v) is 6.63. The Labute approximate surface area is 122 Å². The molecule has 5 heteroatoms. The largest absolute Gasteiger partial charge is 0.353 e. The Morgan fingerprint density at radius 1 is 1.20 bits per heavy atom. The molecule has 0 spiro atoms. The molecule has 1 saturated carbocycles. The Morgan fingerprint density at radius 3 is 2.25 bits per heavy atom. The maximum absolute atomic E-state index is 12.2. The minimum Gasteiger partial charge on any atom is -0.353 e. The second-order valence-electron chi connectivity index (χ2n) is 6.63. The van der Waals surface area contributed by atoms with E-state index in [9.17, 15) is 9.59 Å². The fourth-order valence-corrected chi connectivity index (χ4v) is 2.16. The van der Waals surface area contributed by atoms with Crippen LogP contribution in [0.4, 0.5) is 0 Å². The van der Waals surface area contributed by atoms with Crippen LogP contribution in [0.1, 0.15) is 47.0 Å². The van der Waals surface area contributed by atoms with Gasteiger partial charge in [0.2, 0.25) is 11.8 Å². The number of amides is 2. The highest BCUT2D eigenvalue weighted by atomic mass is 16.2. The molecule has 5 nitrogen and oxygen atoms in total. The maximum Gasteiger partial charge on any atom is 0.242 e. The van der Waals surface area contributed by atoms with Crippen molar-refractivity contribution in [3.63, 3.8) is 0 Å². The molecule has 0 bridgehead atoms. The van der Waals surface area contributed by atoms with Gasteiger partial charge in [0.25, 0.3) is 0 Å². The lowest BCUT2D eigenvalue weighted by atomic mass is 10.0. The number of hydrogen-bond acceptors (Lipinski definition) is 3. The van der Waals surface area contributed by atoms with Gasteiger partial charge in [-0.2, -0.15) is 0 Å². The summed E-state index contributed by atoms with van der Waals surface area (Å²) in [4.78, 5) is 24.0. The number of carbonyl (C=O) groups is 2. The fourth-order valence-electron chi connectivity index (χ4n) is 2.16. The van der Waals surface area contributed by atoms with E-state index < -0.39 is 6.04 Å². The van der Waals surface area contributed by atoms with E-state index in [0.29, 0.717) is 18.9 Å². The van der Waals surface area contributed by atoms with Crippen LogP contribution in [0, 0.1) is 17.8 Å². The van der Waals surface area contributed by atoms with E-state index >= 15 is 0 Å². The summed E-state index contributed by atoms with van der Waals surface area (Å²) in [6, 6.07) is -0.439. The molecule has 0 aromatic rings. The first-order valence-electron chi connectivity index (χ1n) is 7.64. The van der Waals surface area contributed by atoms with Crippen LogP contribution < -0.4 is 16.4 Å². The Kier molecular flexibility index (Phi) is 6.46. The third-order valence-corrected chi connectivity index (χ3v) is 3.60. The van der Waals surface area contributed by atoms with E-state index in [-0.39, 0.29) is 29.7 Å². The Bertz CT molecular complexity index is 338. The first-order valence-corrected chi connectivity index (χ1v) is 7.64. The normalized spacial score (nSPS) is 17.9. The average molecular weight is 283 g/mol. The van der Waals surface area contributed by atoms with Gasteiger partial charge >= 0.3 is 0 Å². The van der Waals surface area contributed by atoms with Gasteiger partial charge in [-0.1, -0.05) is 27.7 Å². The molecule has 1 aliphatic rings. The van der Waals surface area contributed by atoms with E-state index in [2.05, 4.69) is 10.6 Å². The first-order chi connectivity index (χ1) is 9.31. The minimum absolute atomic E-state index is 0.0399. The summed E-state index contributed by atoms with van der Waals surface area (Å²) in [5.74, 6) is 0.703. The molecule has 1 rings (SSSR count). The molecule has 116 valence electrons. The zero-order chi connectivity index (χ0) is 15.3. The van der Waals surface area contributed by atoms with Crippen LogP contribution in [0.2, 0.25) is 0 Å². The summed E-state index contributed by atoms with van der Waals surface area (Å²) in [5.41, 5.74) is 5.97. The van der Waals surface area contributed by atoms with Gasteiger partial charge in [-0.05, 0) is 30.6 Å². The van der Waals surface area contributed by atoms with E-state index in [4.69, 9.17) is 5.73 Å². The van der Waals surface area contributed by atoms with Crippen molar-refractivity contribution >= 4 is 11.8 Å². The van der Waals surface area contributed by atoms with Crippen LogP contribution in [0.25, 0.3) is 0 Å². The van der Waals surface area contributed by atoms with E-state index in [0.717, 1.165) is 12.8 Å². The van der Waals surface area contributed by atoms with E-state index in [1.807, 2.05) is 27.7 Å². The number of carbonyl (C=O) groups excluding carboxylic acids is 2. The zero-order valence-corrected chi connectivity index (χ0v) is 13.1. The lowest BCUT2D eigenvalue weighted by Gasteiger charge is -2.23. The van der Waals surface area contributed by atoms with Gasteiger partial charge in [-0.3, -0.25) is 9.59 Å². The van der Waals surface area contributed by atoms with Crippen LogP contribution in [-0.4, -0.2) is 30.4 Å². The topological polar surface area (TPSA) is 84.2 Å². The number of nitrogens with two attached hydrogens (primary N) is 1. The van der Waals surface area contributed by atoms with Crippen molar-refractivity contribution in [3.8, 4) is 0 Å². The molecule has 2 unspecified atom stereocenters. The van der Waals surface area contributed by atoms with Crippen molar-refractivity contribution in [1.29, 1.82) is 0 Å². The van der Waals surface area contributed by atoms with Crippen molar-refractivity contribution in [2.75, 3.05) is 6.54 Å². The van der Waals surface area contributed by atoms with Gasteiger partial charge in [-0.25, -0.2) is 0 Å². The monoisotopic (exact) mass is 283 g/mol. The summed E-state index contributed by atoms with van der Waals surface area (Å²) < 4.78 is 0. The quantitative estimate of drug-likeness (QED) is 0.622. The van der Waals surface area contributed by atoms with Crippen molar-refractivity contribution in [1.82, 2.24) is 10.6 Å². The fraction of sp³-hybridized carbons (Fsp3) is 0.867. The summed E-state index contributed by atoms with van der Waals surface area (Å²) in [5, 5.41) is 5.69. The average Bonchev–Trinajstić information content (AvgIpc) is 3.15. The summed E-state index contributed by atoms with van der Waals surface area (Å²) in [6.45, 7) is 8.32. The van der Waals surface area contributed by atoms with Gasteiger partial charge in [0.15, 0.2) is 0 Å². The highest BCUT2D eigenvalue weighted by molar-refractivity contribution is 5.87. The molecule has 1 fully saturated rings. The molecule has 0 aliphatic heterocycles. The molecule has 2 amide bonds. The number of rotatable bonds is 8. The summed E-state index contributed by atoms with van der Waals surface area (Å²) in [6.07, 6.45) is 2.77. The summed E-state index contributed by atoms with van der Waals surface area (Å²) in [7, 11) is 0. The third kappa shape index (κ3) is 5.90. The molecule has 0 heterocycles. The predicted molar refractivity (Wildman–Crippen MR) is 79.9 cm³/mol. The maximum atomic E-state index is 12.2. The van der Waals surface area contributed by atoms with Crippen LogP contribution in [0.15, 0.2) is 0 Å². The number of hydrogen-bond donors (Lipinski definition) is 3. The van der Waals surface area contributed by atoms with Crippen LogP contribution >= 0.6 is 0 Å². The van der Waals surface area contributed by atoms with Crippen molar-refractivity contribution < 1.29 is 9.59 Å². The smallest absolute Gasteiger partial charge is 0.242 e. The Hall–Kier alpha value is -1.10. The lowest BCUT2D eigenvalue weighted by Crippen LogP contribution is -2.52. The van der Waals surface area contributed by atoms with Crippen LogP contribution in [0.3, 0.4) is 0 Å². The SMILES string of the molecule is CC(C)CC(=O)NC(C(=O)NCC(N)C1CC1)C(C)C. The minimum atomic E-state index is -0.479. The molecule has 20 heavy (non-hydrogen) atoms. The lowest BCUT2D eigenvalue weighted by molar-refractivity contribution is -0.130. The van der Waals surface area contributed by atoms with Gasteiger partial charge in [0.1, 0.15) is 6.04 Å². The molecule has 0 aromatic carbocycles. The highest BCUT2D eigenvalue weighted by Gasteiger charge is 2.30. The van der Waals surface area contributed by atoms with Gasteiger partial charge in [-0.15, -0.1) is 0 Å². The van der Waals surface area contributed by atoms with E-state index in [1.54, 1.807) is 0 Å². The second kappa shape index (κ2) is 7.62. The van der Waals surface area contributed by atoms with Gasteiger partial charge in [0, 0.05) is 19.0 Å². The number of nitrogens with one attached hydrogen (secondary N) is 2. The highest BCUT2D eigenvalue weighted by Crippen LogP contribution is 2.31. The molecule has 4 N–H and O–H groups in total. The van der Waals surface area contributed by atoms with Crippen LogP contribution in [-0.2, 0) is 9.59 Å². The molecular formula is C15H29N3O2. The third-order valence-electron chi connectivity index (χ3n) is 3.60. The molecule has 1 aliphatic carbocycles. The van der Waals surface area contributed by atoms with Crippen molar-refractivity contribution in [3.05, 3.63) is 0 Å². The Morgan fingerprint density at radius 2 is 1.80 bits per heavy atom. The first kappa shape index (κ1) is 17.0. The molecular weight excluding hydrogens is 254 g/mol. The standard InChI is InChI=1S/C15H29N3O2/c1-9(2)7-13(19)18-14(10(3)4)15(20)17-8-12(16)11-5-6-11/h9-12,14H,5-8,16H2,1-4H3,(H,17,20)(H,18,19). The molecule has 0 radical (unpaired) electrons.